The third-order valence-corrected chi connectivity index (χ3v) is 6.14. The molecule has 0 spiro atoms. The van der Waals surface area contributed by atoms with Gasteiger partial charge in [-0.15, -0.1) is 11.3 Å². The van der Waals surface area contributed by atoms with Crippen LogP contribution in [0.4, 0.5) is 0 Å². The molecule has 2 saturated heterocycles. The molecule has 2 aromatic rings. The molecule has 6 nitrogen and oxygen atoms in total. The molecule has 4 atom stereocenters. The lowest BCUT2D eigenvalue weighted by atomic mass is 9.89. The average molecular weight is 364 g/mol. The van der Waals surface area contributed by atoms with Gasteiger partial charge in [0.15, 0.2) is 10.6 Å². The number of ether oxygens (including phenoxy) is 1. The highest BCUT2D eigenvalue weighted by Crippen LogP contribution is 2.38. The van der Waals surface area contributed by atoms with Crippen LogP contribution in [-0.4, -0.2) is 39.4 Å². The van der Waals surface area contributed by atoms with Crippen molar-refractivity contribution in [1.29, 1.82) is 0 Å². The standard InChI is InChI=1S/C16H20N4O2S2/c1-9(15(21)17-8-10-7-11-4-5-12(10)22-11)20-14(18-19-16(20)23)13-3-2-6-24-13/h2-3,6,9-12H,4-5,7-8H2,1H3,(H,17,21)(H,19,23)/t9-,10+,11-,12-/m1/s1. The average Bonchev–Trinajstić information content (AvgIpc) is 3.34. The molecule has 2 aromatic heterocycles. The van der Waals surface area contributed by atoms with Crippen LogP contribution in [0.2, 0.25) is 0 Å². The summed E-state index contributed by atoms with van der Waals surface area (Å²) >= 11 is 6.90. The second kappa shape index (κ2) is 6.42. The van der Waals surface area contributed by atoms with Crippen molar-refractivity contribution in [3.8, 4) is 10.7 Å². The zero-order valence-electron chi connectivity index (χ0n) is 13.4. The summed E-state index contributed by atoms with van der Waals surface area (Å²) in [7, 11) is 0. The van der Waals surface area contributed by atoms with Crippen LogP contribution in [-0.2, 0) is 9.53 Å². The summed E-state index contributed by atoms with van der Waals surface area (Å²) in [6.07, 6.45) is 4.08. The van der Waals surface area contributed by atoms with Crippen LogP contribution in [0, 0.1) is 10.7 Å². The topological polar surface area (TPSA) is 71.9 Å². The molecule has 2 aliphatic rings. The molecule has 24 heavy (non-hydrogen) atoms. The highest BCUT2D eigenvalue weighted by Gasteiger charge is 2.40. The Hall–Kier alpha value is -1.51. The smallest absolute Gasteiger partial charge is 0.242 e. The summed E-state index contributed by atoms with van der Waals surface area (Å²) in [5.41, 5.74) is 0. The van der Waals surface area contributed by atoms with Crippen molar-refractivity contribution in [2.75, 3.05) is 6.54 Å². The van der Waals surface area contributed by atoms with Crippen LogP contribution in [0.25, 0.3) is 10.7 Å². The third kappa shape index (κ3) is 2.82. The van der Waals surface area contributed by atoms with E-state index in [9.17, 15) is 4.79 Å². The molecular formula is C16H20N4O2S2. The second-order valence-corrected chi connectivity index (χ2v) is 7.82. The number of rotatable bonds is 5. The zero-order chi connectivity index (χ0) is 16.7. The van der Waals surface area contributed by atoms with Gasteiger partial charge in [-0.25, -0.2) is 0 Å². The van der Waals surface area contributed by atoms with Gasteiger partial charge in [-0.1, -0.05) is 6.07 Å². The molecule has 0 saturated carbocycles. The zero-order valence-corrected chi connectivity index (χ0v) is 15.0. The Labute approximate surface area is 149 Å². The molecular weight excluding hydrogens is 344 g/mol. The Kier molecular flexibility index (Phi) is 4.28. The normalized spacial score (nSPS) is 26.6. The number of nitrogens with one attached hydrogen (secondary N) is 2. The number of amides is 1. The number of hydrogen-bond donors (Lipinski definition) is 2. The van der Waals surface area contributed by atoms with Crippen molar-refractivity contribution in [2.24, 2.45) is 5.92 Å². The third-order valence-electron chi connectivity index (χ3n) is 4.98. The fourth-order valence-corrected chi connectivity index (χ4v) is 4.70. The molecule has 2 fully saturated rings. The lowest BCUT2D eigenvalue weighted by molar-refractivity contribution is -0.124. The Bertz CT molecular complexity index is 782. The highest BCUT2D eigenvalue weighted by molar-refractivity contribution is 7.71. The predicted molar refractivity (Wildman–Crippen MR) is 94.4 cm³/mol. The van der Waals surface area contributed by atoms with Crippen LogP contribution in [0.3, 0.4) is 0 Å². The van der Waals surface area contributed by atoms with Gasteiger partial charge in [0.2, 0.25) is 5.91 Å². The van der Waals surface area contributed by atoms with Gasteiger partial charge in [0.1, 0.15) is 6.04 Å². The number of carbonyl (C=O) groups is 1. The largest absolute Gasteiger partial charge is 0.375 e. The number of fused-ring (bicyclic) bond motifs is 2. The fraction of sp³-hybridized carbons (Fsp3) is 0.562. The molecule has 0 aliphatic carbocycles. The highest BCUT2D eigenvalue weighted by atomic mass is 32.1. The number of nitrogens with zero attached hydrogens (tertiary/aromatic N) is 2. The van der Waals surface area contributed by atoms with E-state index in [4.69, 9.17) is 17.0 Å². The molecule has 2 bridgehead atoms. The Morgan fingerprint density at radius 3 is 3.17 bits per heavy atom. The van der Waals surface area contributed by atoms with Gasteiger partial charge >= 0.3 is 0 Å². The molecule has 0 radical (unpaired) electrons. The van der Waals surface area contributed by atoms with Gasteiger partial charge < -0.3 is 10.1 Å². The lowest BCUT2D eigenvalue weighted by Crippen LogP contribution is -2.37. The molecule has 128 valence electrons. The van der Waals surface area contributed by atoms with Crippen LogP contribution in [0.15, 0.2) is 17.5 Å². The molecule has 0 unspecified atom stereocenters. The number of aromatic nitrogens is 3. The Morgan fingerprint density at radius 2 is 2.50 bits per heavy atom. The van der Waals surface area contributed by atoms with Gasteiger partial charge in [-0.2, -0.15) is 5.10 Å². The van der Waals surface area contributed by atoms with Crippen molar-refractivity contribution < 1.29 is 9.53 Å². The van der Waals surface area contributed by atoms with Crippen LogP contribution in [0.1, 0.15) is 32.2 Å². The second-order valence-electron chi connectivity index (χ2n) is 6.49. The summed E-state index contributed by atoms with van der Waals surface area (Å²) in [6, 6.07) is 3.53. The van der Waals surface area contributed by atoms with Crippen molar-refractivity contribution >= 4 is 29.5 Å². The van der Waals surface area contributed by atoms with Crippen LogP contribution < -0.4 is 5.32 Å². The van der Waals surface area contributed by atoms with Crippen molar-refractivity contribution in [3.63, 3.8) is 0 Å². The molecule has 4 rings (SSSR count). The van der Waals surface area contributed by atoms with E-state index in [-0.39, 0.29) is 5.91 Å². The first-order valence-corrected chi connectivity index (χ1v) is 9.56. The minimum atomic E-state index is -0.409. The predicted octanol–water partition coefficient (Wildman–Crippen LogP) is 2.91. The molecule has 8 heteroatoms. The molecule has 1 amide bonds. The summed E-state index contributed by atoms with van der Waals surface area (Å²) in [4.78, 5) is 13.6. The van der Waals surface area contributed by atoms with E-state index < -0.39 is 6.04 Å². The van der Waals surface area contributed by atoms with E-state index in [2.05, 4.69) is 15.5 Å². The first kappa shape index (κ1) is 16.0. The number of thiophene rings is 1. The first-order valence-electron chi connectivity index (χ1n) is 8.27. The van der Waals surface area contributed by atoms with Gasteiger partial charge in [-0.05, 0) is 49.9 Å². The number of hydrogen-bond acceptors (Lipinski definition) is 5. The van der Waals surface area contributed by atoms with E-state index in [1.807, 2.05) is 24.4 Å². The van der Waals surface area contributed by atoms with Crippen LogP contribution >= 0.6 is 23.6 Å². The summed E-state index contributed by atoms with van der Waals surface area (Å²) < 4.78 is 8.10. The lowest BCUT2D eigenvalue weighted by Gasteiger charge is -2.21. The number of H-pyrrole nitrogens is 1. The monoisotopic (exact) mass is 364 g/mol. The van der Waals surface area contributed by atoms with Crippen molar-refractivity contribution in [2.45, 2.75) is 44.4 Å². The minimum absolute atomic E-state index is 0.0342. The van der Waals surface area contributed by atoms with Gasteiger partial charge in [0, 0.05) is 12.5 Å². The quantitative estimate of drug-likeness (QED) is 0.800. The van der Waals surface area contributed by atoms with E-state index in [1.165, 1.54) is 6.42 Å². The fourth-order valence-electron chi connectivity index (χ4n) is 3.70. The maximum Gasteiger partial charge on any atom is 0.242 e. The van der Waals surface area contributed by atoms with E-state index in [0.717, 1.165) is 17.7 Å². The minimum Gasteiger partial charge on any atom is -0.375 e. The summed E-state index contributed by atoms with van der Waals surface area (Å²) in [6.45, 7) is 2.53. The van der Waals surface area contributed by atoms with Crippen molar-refractivity contribution in [3.05, 3.63) is 22.3 Å². The van der Waals surface area contributed by atoms with Gasteiger partial charge in [0.25, 0.3) is 0 Å². The number of carbonyl (C=O) groups excluding carboxylic acids is 1. The number of aromatic amines is 1. The Morgan fingerprint density at radius 1 is 1.62 bits per heavy atom. The van der Waals surface area contributed by atoms with E-state index >= 15 is 0 Å². The van der Waals surface area contributed by atoms with Gasteiger partial charge in [0.05, 0.1) is 17.1 Å². The van der Waals surface area contributed by atoms with Crippen LogP contribution in [0.5, 0.6) is 0 Å². The summed E-state index contributed by atoms with van der Waals surface area (Å²) in [5.74, 6) is 1.11. The maximum absolute atomic E-state index is 12.6. The first-order chi connectivity index (χ1) is 11.6. The molecule has 2 aliphatic heterocycles. The van der Waals surface area contributed by atoms with E-state index in [1.54, 1.807) is 15.9 Å². The SMILES string of the molecule is C[C@H](C(=O)NC[C@@H]1C[C@H]2CC[C@H]1O2)n1c(-c2cccs2)n[nH]c1=S. The summed E-state index contributed by atoms with van der Waals surface area (Å²) in [5, 5.41) is 12.1. The molecule has 0 aromatic carbocycles. The Balaban J connectivity index is 1.45. The molecule has 2 N–H and O–H groups in total. The van der Waals surface area contributed by atoms with Crippen molar-refractivity contribution in [1.82, 2.24) is 20.1 Å². The van der Waals surface area contributed by atoms with E-state index in [0.29, 0.717) is 35.3 Å². The molecule has 4 heterocycles. The maximum atomic E-state index is 12.6. The van der Waals surface area contributed by atoms with Gasteiger partial charge in [-0.3, -0.25) is 14.5 Å².